The van der Waals surface area contributed by atoms with Crippen molar-refractivity contribution in [1.29, 1.82) is 0 Å². The number of carbonyl (C=O) groups is 2. The van der Waals surface area contributed by atoms with Crippen molar-refractivity contribution in [3.8, 4) is 11.5 Å². The first kappa shape index (κ1) is 24.6. The zero-order valence-electron chi connectivity index (χ0n) is 20.6. The van der Waals surface area contributed by atoms with E-state index in [4.69, 9.17) is 9.47 Å². The van der Waals surface area contributed by atoms with E-state index in [0.717, 1.165) is 41.3 Å². The van der Waals surface area contributed by atoms with Crippen molar-refractivity contribution in [2.45, 2.75) is 65.5 Å². The fourth-order valence-electron chi connectivity index (χ4n) is 4.56. The summed E-state index contributed by atoms with van der Waals surface area (Å²) in [4.78, 5) is 26.4. The van der Waals surface area contributed by atoms with E-state index in [2.05, 4.69) is 6.92 Å². The third kappa shape index (κ3) is 5.26. The van der Waals surface area contributed by atoms with Gasteiger partial charge < -0.3 is 24.3 Å². The monoisotopic (exact) mass is 474 g/mol. The summed E-state index contributed by atoms with van der Waals surface area (Å²) < 4.78 is 12.6. The van der Waals surface area contributed by atoms with Gasteiger partial charge in [-0.1, -0.05) is 62.6 Å². The highest BCUT2D eigenvalue weighted by molar-refractivity contribution is 6.16. The molecule has 0 aliphatic carbocycles. The molecule has 0 saturated heterocycles. The molecule has 6 heteroatoms. The summed E-state index contributed by atoms with van der Waals surface area (Å²) in [6.07, 6.45) is 4.12. The van der Waals surface area contributed by atoms with Gasteiger partial charge in [0, 0.05) is 34.4 Å². The van der Waals surface area contributed by atoms with Crippen LogP contribution in [0, 0.1) is 0 Å². The van der Waals surface area contributed by atoms with Crippen LogP contribution in [0.15, 0.2) is 48.5 Å². The minimum absolute atomic E-state index is 0.103. The SMILES string of the molecule is CCCCCCOc1c2c(c(OC(C)C)c3ccccc13)C(=O)N(c1ccc(CC(=O)[O-])cc1)C2. The number of carboxylic acid groups (broad SMARTS) is 1. The Bertz CT molecular complexity index is 1220. The highest BCUT2D eigenvalue weighted by Gasteiger charge is 2.37. The molecule has 0 N–H and O–H groups in total. The normalized spacial score (nSPS) is 12.9. The molecular formula is C29H32NO5-. The first-order valence-electron chi connectivity index (χ1n) is 12.4. The van der Waals surface area contributed by atoms with Crippen LogP contribution >= 0.6 is 0 Å². The van der Waals surface area contributed by atoms with Crippen LogP contribution in [0.5, 0.6) is 11.5 Å². The second-order valence-corrected chi connectivity index (χ2v) is 9.24. The number of benzene rings is 3. The van der Waals surface area contributed by atoms with Crippen LogP contribution in [0.25, 0.3) is 10.8 Å². The Hall–Kier alpha value is -3.54. The lowest BCUT2D eigenvalue weighted by Gasteiger charge is -2.19. The van der Waals surface area contributed by atoms with Gasteiger partial charge in [0.2, 0.25) is 0 Å². The number of aliphatic carboxylic acids is 1. The van der Waals surface area contributed by atoms with E-state index in [-0.39, 0.29) is 18.4 Å². The number of ether oxygens (including phenoxy) is 2. The smallest absolute Gasteiger partial charge is 0.262 e. The van der Waals surface area contributed by atoms with Gasteiger partial charge in [0.25, 0.3) is 5.91 Å². The molecule has 184 valence electrons. The average molecular weight is 475 g/mol. The van der Waals surface area contributed by atoms with E-state index in [9.17, 15) is 14.7 Å². The molecule has 3 aromatic rings. The topological polar surface area (TPSA) is 78.9 Å². The summed E-state index contributed by atoms with van der Waals surface area (Å²) in [6, 6.07) is 14.9. The minimum Gasteiger partial charge on any atom is -0.550 e. The Balaban J connectivity index is 1.76. The Morgan fingerprint density at radius 2 is 1.69 bits per heavy atom. The summed E-state index contributed by atoms with van der Waals surface area (Å²) in [5.41, 5.74) is 2.70. The van der Waals surface area contributed by atoms with Gasteiger partial charge in [0.1, 0.15) is 11.5 Å². The molecule has 6 nitrogen and oxygen atoms in total. The van der Waals surface area contributed by atoms with Crippen LogP contribution in [0.4, 0.5) is 5.69 Å². The molecule has 4 rings (SSSR count). The Labute approximate surface area is 206 Å². The maximum Gasteiger partial charge on any atom is 0.262 e. The summed E-state index contributed by atoms with van der Waals surface area (Å²) in [5.74, 6) is 0.0489. The summed E-state index contributed by atoms with van der Waals surface area (Å²) in [5, 5.41) is 12.7. The van der Waals surface area contributed by atoms with Crippen molar-refractivity contribution >= 4 is 28.3 Å². The molecule has 1 aliphatic heterocycles. The van der Waals surface area contributed by atoms with Gasteiger partial charge in [-0.05, 0) is 38.0 Å². The van der Waals surface area contributed by atoms with Crippen LogP contribution in [-0.4, -0.2) is 24.6 Å². The molecule has 0 unspecified atom stereocenters. The summed E-state index contributed by atoms with van der Waals surface area (Å²) in [7, 11) is 0. The molecule has 0 radical (unpaired) electrons. The lowest BCUT2D eigenvalue weighted by atomic mass is 9.99. The molecule has 1 aliphatic rings. The molecule has 0 fully saturated rings. The van der Waals surface area contributed by atoms with E-state index >= 15 is 0 Å². The van der Waals surface area contributed by atoms with Crippen LogP contribution in [0.1, 0.15) is 67.9 Å². The highest BCUT2D eigenvalue weighted by Crippen LogP contribution is 2.46. The van der Waals surface area contributed by atoms with Crippen molar-refractivity contribution in [1.82, 2.24) is 0 Å². The van der Waals surface area contributed by atoms with Gasteiger partial charge >= 0.3 is 0 Å². The van der Waals surface area contributed by atoms with Gasteiger partial charge in [-0.2, -0.15) is 0 Å². The fourth-order valence-corrected chi connectivity index (χ4v) is 4.56. The number of nitrogens with zero attached hydrogens (tertiary/aromatic N) is 1. The van der Waals surface area contributed by atoms with Crippen LogP contribution in [-0.2, 0) is 17.8 Å². The number of fused-ring (bicyclic) bond motifs is 2. The number of amides is 1. The summed E-state index contributed by atoms with van der Waals surface area (Å²) in [6.45, 7) is 7.03. The van der Waals surface area contributed by atoms with Gasteiger partial charge in [0.15, 0.2) is 0 Å². The average Bonchev–Trinajstić information content (AvgIpc) is 3.17. The van der Waals surface area contributed by atoms with Crippen molar-refractivity contribution in [3.63, 3.8) is 0 Å². The van der Waals surface area contributed by atoms with E-state index in [1.165, 1.54) is 6.42 Å². The van der Waals surface area contributed by atoms with Crippen molar-refractivity contribution in [3.05, 3.63) is 65.2 Å². The van der Waals surface area contributed by atoms with Gasteiger partial charge in [0.05, 0.1) is 24.8 Å². The number of carbonyl (C=O) groups excluding carboxylic acids is 2. The number of anilines is 1. The summed E-state index contributed by atoms with van der Waals surface area (Å²) >= 11 is 0. The molecule has 0 atom stereocenters. The van der Waals surface area contributed by atoms with Crippen molar-refractivity contribution in [2.24, 2.45) is 0 Å². The number of hydrogen-bond donors (Lipinski definition) is 0. The molecule has 0 bridgehead atoms. The lowest BCUT2D eigenvalue weighted by molar-refractivity contribution is -0.304. The first-order chi connectivity index (χ1) is 16.9. The van der Waals surface area contributed by atoms with Crippen LogP contribution < -0.4 is 19.5 Å². The second-order valence-electron chi connectivity index (χ2n) is 9.24. The molecule has 0 spiro atoms. The van der Waals surface area contributed by atoms with Gasteiger partial charge in [-0.3, -0.25) is 4.79 Å². The predicted octanol–water partition coefficient (Wildman–Crippen LogP) is 5.04. The number of rotatable bonds is 11. The Kier molecular flexibility index (Phi) is 7.59. The zero-order valence-corrected chi connectivity index (χ0v) is 20.6. The van der Waals surface area contributed by atoms with E-state index < -0.39 is 5.97 Å². The van der Waals surface area contributed by atoms with E-state index in [1.807, 2.05) is 38.1 Å². The van der Waals surface area contributed by atoms with Gasteiger partial charge in [-0.15, -0.1) is 0 Å². The maximum atomic E-state index is 13.8. The number of unbranched alkanes of at least 4 members (excludes halogenated alkanes) is 3. The van der Waals surface area contributed by atoms with Crippen LogP contribution in [0.3, 0.4) is 0 Å². The third-order valence-corrected chi connectivity index (χ3v) is 6.19. The standard InChI is InChI=1S/C29H33NO5/c1-4-5-6-9-16-34-27-22-10-7-8-11-23(22)28(35-19(2)3)26-24(27)18-30(29(26)33)21-14-12-20(13-15-21)17-25(31)32/h7-8,10-15,19H,4-6,9,16-18H2,1-3H3,(H,31,32)/p-1. The van der Waals surface area contributed by atoms with Gasteiger partial charge in [-0.25, -0.2) is 0 Å². The van der Waals surface area contributed by atoms with E-state index in [1.54, 1.807) is 29.2 Å². The molecule has 3 aromatic carbocycles. The molecular weight excluding hydrogens is 442 g/mol. The predicted molar refractivity (Wildman–Crippen MR) is 135 cm³/mol. The van der Waals surface area contributed by atoms with E-state index in [0.29, 0.717) is 35.7 Å². The molecule has 35 heavy (non-hydrogen) atoms. The molecule has 0 aromatic heterocycles. The Morgan fingerprint density at radius 3 is 2.31 bits per heavy atom. The minimum atomic E-state index is -1.13. The van der Waals surface area contributed by atoms with Crippen LogP contribution in [0.2, 0.25) is 0 Å². The first-order valence-corrected chi connectivity index (χ1v) is 12.4. The van der Waals surface area contributed by atoms with Crippen molar-refractivity contribution < 1.29 is 24.2 Å². The zero-order chi connectivity index (χ0) is 24.9. The Morgan fingerprint density at radius 1 is 1.00 bits per heavy atom. The highest BCUT2D eigenvalue weighted by atomic mass is 16.5. The maximum absolute atomic E-state index is 13.8. The number of carboxylic acids is 1. The molecule has 0 saturated carbocycles. The fraction of sp³-hybridized carbons (Fsp3) is 0.379. The van der Waals surface area contributed by atoms with Crippen molar-refractivity contribution in [2.75, 3.05) is 11.5 Å². The second kappa shape index (κ2) is 10.8. The molecule has 1 amide bonds. The molecule has 1 heterocycles. The third-order valence-electron chi connectivity index (χ3n) is 6.19. The quantitative estimate of drug-likeness (QED) is 0.364. The lowest BCUT2D eigenvalue weighted by Crippen LogP contribution is -2.25. The number of hydrogen-bond acceptors (Lipinski definition) is 5. The largest absolute Gasteiger partial charge is 0.550 e.